The molecule has 0 aromatic carbocycles. The molecular formula is C16H21N5O. The molecule has 0 radical (unpaired) electrons. The standard InChI is InChI=1S/C16H21N5O/c1-13(12-20-10-3-7-18-20)19-16(22)21-11-2-4-15(21)14-5-8-17-9-6-14/h3,5-10,13,15H,2,4,11-12H2,1H3,(H,19,22). The second-order valence-corrected chi connectivity index (χ2v) is 5.71. The highest BCUT2D eigenvalue weighted by Crippen LogP contribution is 2.31. The van der Waals surface area contributed by atoms with Crippen molar-refractivity contribution in [2.24, 2.45) is 0 Å². The van der Waals surface area contributed by atoms with Crippen LogP contribution in [-0.2, 0) is 6.54 Å². The van der Waals surface area contributed by atoms with E-state index >= 15 is 0 Å². The summed E-state index contributed by atoms with van der Waals surface area (Å²) >= 11 is 0. The fraction of sp³-hybridized carbons (Fsp3) is 0.438. The topological polar surface area (TPSA) is 63.1 Å². The molecule has 1 aliphatic rings. The lowest BCUT2D eigenvalue weighted by Gasteiger charge is -2.27. The van der Waals surface area contributed by atoms with E-state index in [4.69, 9.17) is 0 Å². The number of hydrogen-bond acceptors (Lipinski definition) is 3. The smallest absolute Gasteiger partial charge is 0.318 e. The van der Waals surface area contributed by atoms with Gasteiger partial charge in [0.25, 0.3) is 0 Å². The maximum atomic E-state index is 12.5. The van der Waals surface area contributed by atoms with Crippen LogP contribution in [0.5, 0.6) is 0 Å². The number of nitrogens with one attached hydrogen (secondary N) is 1. The Hall–Kier alpha value is -2.37. The van der Waals surface area contributed by atoms with Gasteiger partial charge < -0.3 is 10.2 Å². The second kappa shape index (κ2) is 6.60. The molecule has 3 heterocycles. The molecule has 1 N–H and O–H groups in total. The quantitative estimate of drug-likeness (QED) is 0.941. The van der Waals surface area contributed by atoms with Gasteiger partial charge in [-0.2, -0.15) is 5.10 Å². The van der Waals surface area contributed by atoms with Crippen LogP contribution < -0.4 is 5.32 Å². The highest BCUT2D eigenvalue weighted by Gasteiger charge is 2.30. The summed E-state index contributed by atoms with van der Waals surface area (Å²) < 4.78 is 1.83. The Morgan fingerprint density at radius 2 is 2.23 bits per heavy atom. The van der Waals surface area contributed by atoms with Crippen LogP contribution >= 0.6 is 0 Å². The van der Waals surface area contributed by atoms with Gasteiger partial charge in [-0.05, 0) is 43.5 Å². The first kappa shape index (κ1) is 14.6. The molecule has 0 saturated carbocycles. The van der Waals surface area contributed by atoms with Gasteiger partial charge in [0.05, 0.1) is 12.6 Å². The third-order valence-corrected chi connectivity index (χ3v) is 3.99. The van der Waals surface area contributed by atoms with Crippen LogP contribution in [0.3, 0.4) is 0 Å². The largest absolute Gasteiger partial charge is 0.334 e. The van der Waals surface area contributed by atoms with E-state index in [0.717, 1.165) is 24.9 Å². The van der Waals surface area contributed by atoms with E-state index in [1.165, 1.54) is 0 Å². The minimum absolute atomic E-state index is 0.000955. The zero-order valence-corrected chi connectivity index (χ0v) is 12.7. The normalized spacial score (nSPS) is 19.1. The molecule has 6 nitrogen and oxygen atoms in total. The van der Waals surface area contributed by atoms with Crippen LogP contribution in [0.25, 0.3) is 0 Å². The van der Waals surface area contributed by atoms with Gasteiger partial charge >= 0.3 is 6.03 Å². The molecule has 3 rings (SSSR count). The third kappa shape index (κ3) is 3.27. The number of likely N-dealkylation sites (tertiary alicyclic amines) is 1. The summed E-state index contributed by atoms with van der Waals surface area (Å²) in [6.07, 6.45) is 9.25. The maximum Gasteiger partial charge on any atom is 0.318 e. The summed E-state index contributed by atoms with van der Waals surface area (Å²) in [5.74, 6) is 0. The van der Waals surface area contributed by atoms with E-state index in [1.807, 2.05) is 40.9 Å². The van der Waals surface area contributed by atoms with Gasteiger partial charge in [0.15, 0.2) is 0 Å². The summed E-state index contributed by atoms with van der Waals surface area (Å²) in [6.45, 7) is 3.47. The van der Waals surface area contributed by atoms with Gasteiger partial charge in [-0.3, -0.25) is 9.67 Å². The van der Waals surface area contributed by atoms with Crippen molar-refractivity contribution in [3.63, 3.8) is 0 Å². The van der Waals surface area contributed by atoms with Crippen molar-refractivity contribution in [3.8, 4) is 0 Å². The molecule has 2 atom stereocenters. The predicted molar refractivity (Wildman–Crippen MR) is 83.1 cm³/mol. The molecule has 2 aromatic heterocycles. The second-order valence-electron chi connectivity index (χ2n) is 5.71. The summed E-state index contributed by atoms with van der Waals surface area (Å²) in [5.41, 5.74) is 1.15. The van der Waals surface area contributed by atoms with Gasteiger partial charge in [0, 0.05) is 37.4 Å². The SMILES string of the molecule is CC(Cn1cccn1)NC(=O)N1CCCC1c1ccncc1. The molecule has 0 spiro atoms. The molecule has 0 bridgehead atoms. The minimum atomic E-state index is -0.000955. The molecule has 2 aromatic rings. The van der Waals surface area contributed by atoms with E-state index in [-0.39, 0.29) is 18.1 Å². The van der Waals surface area contributed by atoms with Crippen molar-refractivity contribution in [2.45, 2.75) is 38.4 Å². The van der Waals surface area contributed by atoms with Crippen molar-refractivity contribution in [2.75, 3.05) is 6.54 Å². The molecule has 2 amide bonds. The molecular weight excluding hydrogens is 278 g/mol. The first-order chi connectivity index (χ1) is 10.7. The minimum Gasteiger partial charge on any atom is -0.334 e. The molecule has 22 heavy (non-hydrogen) atoms. The van der Waals surface area contributed by atoms with Crippen molar-refractivity contribution >= 4 is 6.03 Å². The summed E-state index contributed by atoms with van der Waals surface area (Å²) in [6, 6.07) is 6.05. The lowest BCUT2D eigenvalue weighted by molar-refractivity contribution is 0.188. The van der Waals surface area contributed by atoms with Crippen LogP contribution in [0, 0.1) is 0 Å². The summed E-state index contributed by atoms with van der Waals surface area (Å²) in [7, 11) is 0. The van der Waals surface area contributed by atoms with Crippen molar-refractivity contribution < 1.29 is 4.79 Å². The molecule has 0 aliphatic carbocycles. The Morgan fingerprint density at radius 1 is 1.41 bits per heavy atom. The van der Waals surface area contributed by atoms with Crippen molar-refractivity contribution in [1.82, 2.24) is 25.0 Å². The van der Waals surface area contributed by atoms with Gasteiger partial charge in [0.2, 0.25) is 0 Å². The number of amides is 2. The Balaban J connectivity index is 1.61. The average molecular weight is 299 g/mol. The zero-order valence-electron chi connectivity index (χ0n) is 12.7. The fourth-order valence-electron chi connectivity index (χ4n) is 2.97. The summed E-state index contributed by atoms with van der Waals surface area (Å²) in [5, 5.41) is 7.24. The number of pyridine rings is 1. The number of carbonyl (C=O) groups excluding carboxylic acids is 1. The molecule has 1 fully saturated rings. The average Bonchev–Trinajstić information content (AvgIpc) is 3.18. The van der Waals surface area contributed by atoms with Gasteiger partial charge in [0.1, 0.15) is 0 Å². The summed E-state index contributed by atoms with van der Waals surface area (Å²) in [4.78, 5) is 18.5. The van der Waals surface area contributed by atoms with E-state index in [1.54, 1.807) is 18.6 Å². The lowest BCUT2D eigenvalue weighted by atomic mass is 10.1. The van der Waals surface area contributed by atoms with E-state index in [9.17, 15) is 4.79 Å². The van der Waals surface area contributed by atoms with E-state index < -0.39 is 0 Å². The van der Waals surface area contributed by atoms with Gasteiger partial charge in [-0.1, -0.05) is 0 Å². The Kier molecular flexibility index (Phi) is 4.37. The molecule has 116 valence electrons. The van der Waals surface area contributed by atoms with Crippen molar-refractivity contribution in [3.05, 3.63) is 48.5 Å². The maximum absolute atomic E-state index is 12.5. The number of nitrogens with zero attached hydrogens (tertiary/aromatic N) is 4. The third-order valence-electron chi connectivity index (χ3n) is 3.99. The zero-order chi connectivity index (χ0) is 15.4. The Morgan fingerprint density at radius 3 is 2.95 bits per heavy atom. The lowest BCUT2D eigenvalue weighted by Crippen LogP contribution is -2.44. The monoisotopic (exact) mass is 299 g/mol. The van der Waals surface area contributed by atoms with E-state index in [0.29, 0.717) is 6.54 Å². The van der Waals surface area contributed by atoms with Gasteiger partial charge in [-0.25, -0.2) is 4.79 Å². The first-order valence-corrected chi connectivity index (χ1v) is 7.68. The van der Waals surface area contributed by atoms with Crippen molar-refractivity contribution in [1.29, 1.82) is 0 Å². The predicted octanol–water partition coefficient (Wildman–Crippen LogP) is 2.21. The number of aromatic nitrogens is 3. The number of rotatable bonds is 4. The number of carbonyl (C=O) groups is 1. The van der Waals surface area contributed by atoms with Crippen LogP contribution in [0.15, 0.2) is 43.0 Å². The van der Waals surface area contributed by atoms with Crippen LogP contribution in [0.2, 0.25) is 0 Å². The van der Waals surface area contributed by atoms with Gasteiger partial charge in [-0.15, -0.1) is 0 Å². The highest BCUT2D eigenvalue weighted by atomic mass is 16.2. The van der Waals surface area contributed by atoms with E-state index in [2.05, 4.69) is 15.4 Å². The first-order valence-electron chi connectivity index (χ1n) is 7.68. The molecule has 1 saturated heterocycles. The number of urea groups is 1. The Labute approximate surface area is 130 Å². The Bertz CT molecular complexity index is 598. The highest BCUT2D eigenvalue weighted by molar-refractivity contribution is 5.75. The van der Waals surface area contributed by atoms with Crippen LogP contribution in [0.4, 0.5) is 4.79 Å². The van der Waals surface area contributed by atoms with Crippen LogP contribution in [-0.4, -0.2) is 38.3 Å². The number of hydrogen-bond donors (Lipinski definition) is 1. The fourth-order valence-corrected chi connectivity index (χ4v) is 2.97. The van der Waals surface area contributed by atoms with Crippen LogP contribution in [0.1, 0.15) is 31.4 Å². The molecule has 2 unspecified atom stereocenters. The molecule has 1 aliphatic heterocycles. The molecule has 6 heteroatoms.